The number of aliphatic hydroxyl groups is 1. The molecule has 0 atom stereocenters. The van der Waals surface area contributed by atoms with Crippen molar-refractivity contribution in [2.45, 2.75) is 6.61 Å². The van der Waals surface area contributed by atoms with Crippen LogP contribution in [0.15, 0.2) is 22.7 Å². The predicted molar refractivity (Wildman–Crippen MR) is 60.2 cm³/mol. The number of fused-ring (bicyclic) bond motifs is 1. The van der Waals surface area contributed by atoms with Crippen molar-refractivity contribution >= 4 is 37.4 Å². The van der Waals surface area contributed by atoms with E-state index in [1.807, 2.05) is 18.2 Å². The Kier molecular flexibility index (Phi) is 2.55. The first-order valence-corrected chi connectivity index (χ1v) is 5.59. The van der Waals surface area contributed by atoms with E-state index >= 15 is 0 Å². The van der Waals surface area contributed by atoms with Crippen LogP contribution >= 0.6 is 27.3 Å². The lowest BCUT2D eigenvalue weighted by Crippen LogP contribution is -1.84. The van der Waals surface area contributed by atoms with E-state index in [0.29, 0.717) is 4.88 Å². The van der Waals surface area contributed by atoms with Crippen molar-refractivity contribution in [3.8, 4) is 6.07 Å². The number of nitrogens with zero attached hydrogens (tertiary/aromatic N) is 1. The Bertz CT molecular complexity index is 527. The molecule has 2 nitrogen and oxygen atoms in total. The van der Waals surface area contributed by atoms with Crippen molar-refractivity contribution in [2.75, 3.05) is 0 Å². The Labute approximate surface area is 93.5 Å². The highest BCUT2D eigenvalue weighted by molar-refractivity contribution is 9.10. The molecule has 0 saturated carbocycles. The van der Waals surface area contributed by atoms with E-state index in [9.17, 15) is 5.11 Å². The van der Waals surface area contributed by atoms with Gasteiger partial charge >= 0.3 is 0 Å². The van der Waals surface area contributed by atoms with Crippen LogP contribution in [0.5, 0.6) is 0 Å². The van der Waals surface area contributed by atoms with Gasteiger partial charge in [-0.3, -0.25) is 0 Å². The lowest BCUT2D eigenvalue weighted by atomic mass is 10.1. The van der Waals surface area contributed by atoms with Crippen LogP contribution in [-0.4, -0.2) is 5.11 Å². The second-order valence-electron chi connectivity index (χ2n) is 2.82. The summed E-state index contributed by atoms with van der Waals surface area (Å²) in [7, 11) is 0. The number of benzene rings is 1. The third kappa shape index (κ3) is 1.44. The lowest BCUT2D eigenvalue weighted by Gasteiger charge is -2.01. The fourth-order valence-corrected chi connectivity index (χ4v) is 2.72. The molecule has 0 aliphatic rings. The molecule has 1 heterocycles. The molecule has 1 N–H and O–H groups in total. The number of rotatable bonds is 1. The minimum Gasteiger partial charge on any atom is -0.392 e. The van der Waals surface area contributed by atoms with Crippen LogP contribution in [0.1, 0.15) is 10.4 Å². The Morgan fingerprint density at radius 1 is 1.50 bits per heavy atom. The molecule has 2 aromatic rings. The maximum absolute atomic E-state index is 9.19. The number of aliphatic hydroxyl groups excluding tert-OH is 1. The molecule has 0 radical (unpaired) electrons. The van der Waals surface area contributed by atoms with Gasteiger partial charge in [-0.15, -0.1) is 11.3 Å². The fourth-order valence-electron chi connectivity index (χ4n) is 1.36. The van der Waals surface area contributed by atoms with Crippen molar-refractivity contribution in [2.24, 2.45) is 0 Å². The Morgan fingerprint density at radius 2 is 2.29 bits per heavy atom. The summed E-state index contributed by atoms with van der Waals surface area (Å²) in [6, 6.07) is 7.77. The van der Waals surface area contributed by atoms with E-state index in [1.165, 1.54) is 11.3 Å². The van der Waals surface area contributed by atoms with Crippen LogP contribution in [0.2, 0.25) is 0 Å². The van der Waals surface area contributed by atoms with Gasteiger partial charge in [0.25, 0.3) is 0 Å². The number of halogens is 1. The average molecular weight is 268 g/mol. The van der Waals surface area contributed by atoms with Gasteiger partial charge in [-0.25, -0.2) is 0 Å². The van der Waals surface area contributed by atoms with Crippen LogP contribution in [0.25, 0.3) is 10.1 Å². The molecule has 0 fully saturated rings. The summed E-state index contributed by atoms with van der Waals surface area (Å²) < 4.78 is 1.92. The average Bonchev–Trinajstić information content (AvgIpc) is 2.60. The van der Waals surface area contributed by atoms with Crippen LogP contribution in [-0.2, 0) is 6.61 Å². The Morgan fingerprint density at radius 3 is 2.93 bits per heavy atom. The second kappa shape index (κ2) is 3.70. The van der Waals surface area contributed by atoms with Gasteiger partial charge in [0.15, 0.2) is 0 Å². The van der Waals surface area contributed by atoms with Crippen molar-refractivity contribution in [1.29, 1.82) is 5.26 Å². The van der Waals surface area contributed by atoms with Crippen molar-refractivity contribution in [3.05, 3.63) is 33.1 Å². The normalized spacial score (nSPS) is 10.4. The summed E-state index contributed by atoms with van der Waals surface area (Å²) in [5.41, 5.74) is 0.847. The zero-order valence-electron chi connectivity index (χ0n) is 7.12. The van der Waals surface area contributed by atoms with Crippen molar-refractivity contribution in [1.82, 2.24) is 0 Å². The molecule has 0 aliphatic heterocycles. The zero-order chi connectivity index (χ0) is 10.1. The largest absolute Gasteiger partial charge is 0.392 e. The van der Waals surface area contributed by atoms with E-state index in [-0.39, 0.29) is 6.61 Å². The van der Waals surface area contributed by atoms with Gasteiger partial charge in [-0.05, 0) is 18.2 Å². The van der Waals surface area contributed by atoms with Crippen LogP contribution in [0, 0.1) is 11.3 Å². The predicted octanol–water partition coefficient (Wildman–Crippen LogP) is 3.03. The number of hydrogen-bond donors (Lipinski definition) is 1. The molecule has 0 saturated heterocycles. The van der Waals surface area contributed by atoms with Crippen LogP contribution in [0.3, 0.4) is 0 Å². The highest BCUT2D eigenvalue weighted by Gasteiger charge is 2.08. The first-order chi connectivity index (χ1) is 6.76. The molecule has 0 spiro atoms. The number of nitriles is 1. The lowest BCUT2D eigenvalue weighted by molar-refractivity contribution is 0.282. The van der Waals surface area contributed by atoms with Crippen molar-refractivity contribution < 1.29 is 5.11 Å². The summed E-state index contributed by atoms with van der Waals surface area (Å²) in [6.07, 6.45) is 0. The van der Waals surface area contributed by atoms with Gasteiger partial charge in [0, 0.05) is 20.1 Å². The first kappa shape index (κ1) is 9.66. The summed E-state index contributed by atoms with van der Waals surface area (Å²) in [6.45, 7) is -0.0144. The van der Waals surface area contributed by atoms with Gasteiger partial charge in [0.05, 0.1) is 6.61 Å². The minimum absolute atomic E-state index is 0.0144. The summed E-state index contributed by atoms with van der Waals surface area (Å²) in [5.74, 6) is 0. The molecular weight excluding hydrogens is 262 g/mol. The molecule has 0 unspecified atom stereocenters. The van der Waals surface area contributed by atoms with Crippen LogP contribution in [0.4, 0.5) is 0 Å². The maximum atomic E-state index is 9.19. The SMILES string of the molecule is N#Cc1cc2c(CO)c(Br)ccc2s1. The van der Waals surface area contributed by atoms with E-state index in [2.05, 4.69) is 22.0 Å². The molecule has 0 aliphatic carbocycles. The quantitative estimate of drug-likeness (QED) is 0.863. The Balaban J connectivity index is 2.81. The second-order valence-corrected chi connectivity index (χ2v) is 4.76. The monoisotopic (exact) mass is 267 g/mol. The molecular formula is C10H6BrNOS. The summed E-state index contributed by atoms with van der Waals surface area (Å²) in [5, 5.41) is 18.9. The van der Waals surface area contributed by atoms with Gasteiger partial charge in [-0.2, -0.15) is 5.26 Å². The molecule has 14 heavy (non-hydrogen) atoms. The molecule has 2 rings (SSSR count). The highest BCUT2D eigenvalue weighted by Crippen LogP contribution is 2.32. The molecule has 70 valence electrons. The van der Waals surface area contributed by atoms with Gasteiger partial charge in [0.2, 0.25) is 0 Å². The van der Waals surface area contributed by atoms with E-state index in [4.69, 9.17) is 5.26 Å². The summed E-state index contributed by atoms with van der Waals surface area (Å²) in [4.78, 5) is 0.674. The topological polar surface area (TPSA) is 44.0 Å². The third-order valence-electron chi connectivity index (χ3n) is 2.02. The molecule has 0 amide bonds. The zero-order valence-corrected chi connectivity index (χ0v) is 9.52. The first-order valence-electron chi connectivity index (χ1n) is 3.98. The highest BCUT2D eigenvalue weighted by atomic mass is 79.9. The standard InChI is InChI=1S/C10H6BrNOS/c11-9-1-2-10-7(8(9)5-13)3-6(4-12)14-10/h1-3,13H,5H2. The van der Waals surface area contributed by atoms with E-state index in [0.717, 1.165) is 20.1 Å². The smallest absolute Gasteiger partial charge is 0.110 e. The molecule has 1 aromatic carbocycles. The van der Waals surface area contributed by atoms with Gasteiger partial charge < -0.3 is 5.11 Å². The maximum Gasteiger partial charge on any atom is 0.110 e. The van der Waals surface area contributed by atoms with E-state index in [1.54, 1.807) is 0 Å². The summed E-state index contributed by atoms with van der Waals surface area (Å²) >= 11 is 4.81. The Hall–Kier alpha value is -0.890. The fraction of sp³-hybridized carbons (Fsp3) is 0.100. The molecule has 4 heteroatoms. The minimum atomic E-state index is -0.0144. The van der Waals surface area contributed by atoms with Crippen LogP contribution < -0.4 is 0 Å². The molecule has 1 aromatic heterocycles. The number of thiophene rings is 1. The third-order valence-corrected chi connectivity index (χ3v) is 3.77. The van der Waals surface area contributed by atoms with Gasteiger partial charge in [-0.1, -0.05) is 15.9 Å². The van der Waals surface area contributed by atoms with Gasteiger partial charge in [0.1, 0.15) is 10.9 Å². The van der Waals surface area contributed by atoms with E-state index < -0.39 is 0 Å². The number of hydrogen-bond acceptors (Lipinski definition) is 3. The van der Waals surface area contributed by atoms with Crippen molar-refractivity contribution in [3.63, 3.8) is 0 Å². The molecule has 0 bridgehead atoms.